The van der Waals surface area contributed by atoms with Gasteiger partial charge in [0, 0.05) is 13.6 Å². The summed E-state index contributed by atoms with van der Waals surface area (Å²) >= 11 is 12.1. The van der Waals surface area contributed by atoms with Gasteiger partial charge in [-0.25, -0.2) is 0 Å². The highest BCUT2D eigenvalue weighted by Crippen LogP contribution is 2.25. The number of nitrogens with one attached hydrogen (secondary N) is 1. The molecule has 29 heavy (non-hydrogen) atoms. The van der Waals surface area contributed by atoms with Crippen molar-refractivity contribution >= 4 is 35.0 Å². The SMILES string of the molecule is CNC(=O)C(C)N(Cc1ccc(Cl)c(Cl)c1)C(=O)COc1cc(C)cc(C)c1C. The Hall–Kier alpha value is -2.24. The number of ether oxygens (including phenoxy) is 1. The van der Waals surface area contributed by atoms with Crippen molar-refractivity contribution in [2.24, 2.45) is 0 Å². The Kier molecular flexibility index (Phi) is 7.94. The van der Waals surface area contributed by atoms with Crippen molar-refractivity contribution < 1.29 is 14.3 Å². The molecule has 2 rings (SSSR count). The van der Waals surface area contributed by atoms with Gasteiger partial charge >= 0.3 is 0 Å². The number of benzene rings is 2. The molecule has 0 heterocycles. The lowest BCUT2D eigenvalue weighted by molar-refractivity contribution is -0.142. The number of carbonyl (C=O) groups is 2. The van der Waals surface area contributed by atoms with Gasteiger partial charge in [0.15, 0.2) is 6.61 Å². The van der Waals surface area contributed by atoms with Crippen molar-refractivity contribution in [2.75, 3.05) is 13.7 Å². The van der Waals surface area contributed by atoms with Crippen LogP contribution in [-0.2, 0) is 16.1 Å². The summed E-state index contributed by atoms with van der Waals surface area (Å²) in [7, 11) is 1.54. The van der Waals surface area contributed by atoms with E-state index in [1.807, 2.05) is 26.8 Å². The highest BCUT2D eigenvalue weighted by Gasteiger charge is 2.26. The molecule has 0 bridgehead atoms. The summed E-state index contributed by atoms with van der Waals surface area (Å²) in [6.07, 6.45) is 0. The molecule has 7 heteroatoms. The predicted molar refractivity (Wildman–Crippen MR) is 117 cm³/mol. The number of hydrogen-bond donors (Lipinski definition) is 1. The summed E-state index contributed by atoms with van der Waals surface area (Å²) in [5.41, 5.74) is 3.91. The molecule has 0 aromatic heterocycles. The predicted octanol–water partition coefficient (Wildman–Crippen LogP) is 4.46. The summed E-state index contributed by atoms with van der Waals surface area (Å²) in [4.78, 5) is 26.6. The fourth-order valence-corrected chi connectivity index (χ4v) is 3.32. The second kappa shape index (κ2) is 9.99. The minimum Gasteiger partial charge on any atom is -0.483 e. The summed E-state index contributed by atoms with van der Waals surface area (Å²) in [6.45, 7) is 7.64. The first kappa shape index (κ1) is 23.0. The van der Waals surface area contributed by atoms with E-state index in [4.69, 9.17) is 27.9 Å². The zero-order chi connectivity index (χ0) is 21.7. The van der Waals surface area contributed by atoms with Crippen LogP contribution in [0.3, 0.4) is 0 Å². The standard InChI is InChI=1S/C22H26Cl2N2O3/c1-13-8-14(2)15(3)20(9-13)29-12-21(27)26(16(4)22(28)25-5)11-17-6-7-18(23)19(24)10-17/h6-10,16H,11-12H2,1-5H3,(H,25,28). The molecule has 0 saturated carbocycles. The summed E-state index contributed by atoms with van der Waals surface area (Å²) in [5, 5.41) is 3.41. The van der Waals surface area contributed by atoms with Gasteiger partial charge in [-0.05, 0) is 68.1 Å². The first-order chi connectivity index (χ1) is 13.6. The normalized spacial score (nSPS) is 11.7. The van der Waals surface area contributed by atoms with Crippen molar-refractivity contribution in [1.29, 1.82) is 0 Å². The number of amides is 2. The quantitative estimate of drug-likeness (QED) is 0.696. The topological polar surface area (TPSA) is 58.6 Å². The molecule has 0 fully saturated rings. The number of hydrogen-bond acceptors (Lipinski definition) is 3. The van der Waals surface area contributed by atoms with Crippen LogP contribution in [0.2, 0.25) is 10.0 Å². The molecule has 5 nitrogen and oxygen atoms in total. The van der Waals surface area contributed by atoms with Gasteiger partial charge in [0.25, 0.3) is 5.91 Å². The maximum Gasteiger partial charge on any atom is 0.261 e. The van der Waals surface area contributed by atoms with Crippen molar-refractivity contribution in [1.82, 2.24) is 10.2 Å². The number of halogens is 2. The molecule has 2 aromatic rings. The minimum absolute atomic E-state index is 0.174. The maximum absolute atomic E-state index is 13.0. The van der Waals surface area contributed by atoms with Crippen molar-refractivity contribution in [2.45, 2.75) is 40.3 Å². The van der Waals surface area contributed by atoms with E-state index in [0.29, 0.717) is 15.8 Å². The molecule has 0 spiro atoms. The molecular weight excluding hydrogens is 411 g/mol. The molecule has 2 amide bonds. The van der Waals surface area contributed by atoms with Crippen molar-refractivity contribution in [3.05, 3.63) is 62.6 Å². The average molecular weight is 437 g/mol. The number of likely N-dealkylation sites (N-methyl/N-ethyl adjacent to an activating group) is 1. The molecule has 1 unspecified atom stereocenters. The van der Waals surface area contributed by atoms with Gasteiger partial charge in [0.1, 0.15) is 11.8 Å². The molecule has 0 aliphatic rings. The Morgan fingerprint density at radius 3 is 2.41 bits per heavy atom. The Labute approximate surface area is 181 Å². The highest BCUT2D eigenvalue weighted by molar-refractivity contribution is 6.42. The van der Waals surface area contributed by atoms with Gasteiger partial charge in [-0.2, -0.15) is 0 Å². The van der Waals surface area contributed by atoms with E-state index in [0.717, 1.165) is 22.3 Å². The molecule has 0 aliphatic carbocycles. The third-order valence-electron chi connectivity index (χ3n) is 4.87. The fraction of sp³-hybridized carbons (Fsp3) is 0.364. The number of nitrogens with zero attached hydrogens (tertiary/aromatic N) is 1. The summed E-state index contributed by atoms with van der Waals surface area (Å²) in [5.74, 6) is 0.102. The van der Waals surface area contributed by atoms with Crippen LogP contribution in [0.1, 0.15) is 29.2 Å². The molecule has 1 N–H and O–H groups in total. The average Bonchev–Trinajstić information content (AvgIpc) is 2.68. The van der Waals surface area contributed by atoms with Gasteiger partial charge in [0.2, 0.25) is 5.91 Å². The van der Waals surface area contributed by atoms with Crippen LogP contribution in [-0.4, -0.2) is 36.4 Å². The third kappa shape index (κ3) is 5.87. The van der Waals surface area contributed by atoms with Gasteiger partial charge in [0.05, 0.1) is 10.0 Å². The first-order valence-corrected chi connectivity index (χ1v) is 10.0. The lowest BCUT2D eigenvalue weighted by Gasteiger charge is -2.28. The fourth-order valence-electron chi connectivity index (χ4n) is 3.00. The van der Waals surface area contributed by atoms with Gasteiger partial charge in [-0.3, -0.25) is 9.59 Å². The molecule has 156 valence electrons. The second-order valence-corrected chi connectivity index (χ2v) is 7.87. The van der Waals surface area contributed by atoms with Crippen LogP contribution in [0.15, 0.2) is 30.3 Å². The molecule has 0 radical (unpaired) electrons. The van der Waals surface area contributed by atoms with Gasteiger partial charge in [-0.1, -0.05) is 35.3 Å². The van der Waals surface area contributed by atoms with E-state index in [1.54, 1.807) is 25.1 Å². The Morgan fingerprint density at radius 1 is 1.10 bits per heavy atom. The lowest BCUT2D eigenvalue weighted by Crippen LogP contribution is -2.48. The largest absolute Gasteiger partial charge is 0.483 e. The van der Waals surface area contributed by atoms with E-state index < -0.39 is 6.04 Å². The highest BCUT2D eigenvalue weighted by atomic mass is 35.5. The molecule has 0 saturated heterocycles. The zero-order valence-corrected chi connectivity index (χ0v) is 18.8. The van der Waals surface area contributed by atoms with Gasteiger partial charge < -0.3 is 15.0 Å². The van der Waals surface area contributed by atoms with Crippen LogP contribution in [0.4, 0.5) is 0 Å². The van der Waals surface area contributed by atoms with Crippen LogP contribution < -0.4 is 10.1 Å². The molecular formula is C22H26Cl2N2O3. The first-order valence-electron chi connectivity index (χ1n) is 9.29. The van der Waals surface area contributed by atoms with Gasteiger partial charge in [-0.15, -0.1) is 0 Å². The van der Waals surface area contributed by atoms with E-state index in [-0.39, 0.29) is 25.0 Å². The van der Waals surface area contributed by atoms with Crippen molar-refractivity contribution in [3.8, 4) is 5.75 Å². The van der Waals surface area contributed by atoms with Crippen LogP contribution in [0.5, 0.6) is 5.75 Å². The lowest BCUT2D eigenvalue weighted by atomic mass is 10.1. The molecule has 2 aromatic carbocycles. The Balaban J connectivity index is 2.22. The van der Waals surface area contributed by atoms with E-state index in [1.165, 1.54) is 11.9 Å². The summed E-state index contributed by atoms with van der Waals surface area (Å²) < 4.78 is 5.82. The number of carbonyl (C=O) groups excluding carboxylic acids is 2. The van der Waals surface area contributed by atoms with Crippen LogP contribution >= 0.6 is 23.2 Å². The molecule has 1 atom stereocenters. The minimum atomic E-state index is -0.675. The maximum atomic E-state index is 13.0. The number of rotatable bonds is 7. The van der Waals surface area contributed by atoms with Crippen molar-refractivity contribution in [3.63, 3.8) is 0 Å². The number of aryl methyl sites for hydroxylation is 2. The Bertz CT molecular complexity index is 915. The van der Waals surface area contributed by atoms with E-state index in [9.17, 15) is 9.59 Å². The smallest absolute Gasteiger partial charge is 0.261 e. The Morgan fingerprint density at radius 2 is 1.79 bits per heavy atom. The van der Waals surface area contributed by atoms with Crippen LogP contribution in [0.25, 0.3) is 0 Å². The summed E-state index contributed by atoms with van der Waals surface area (Å²) in [6, 6.07) is 8.43. The second-order valence-electron chi connectivity index (χ2n) is 7.05. The molecule has 0 aliphatic heterocycles. The van der Waals surface area contributed by atoms with E-state index in [2.05, 4.69) is 11.4 Å². The third-order valence-corrected chi connectivity index (χ3v) is 5.60. The zero-order valence-electron chi connectivity index (χ0n) is 17.3. The van der Waals surface area contributed by atoms with E-state index >= 15 is 0 Å². The monoisotopic (exact) mass is 436 g/mol. The van der Waals surface area contributed by atoms with Crippen LogP contribution in [0, 0.1) is 20.8 Å².